The summed E-state index contributed by atoms with van der Waals surface area (Å²) in [4.78, 5) is 21.5. The summed E-state index contributed by atoms with van der Waals surface area (Å²) in [5, 5.41) is 3.48. The highest BCUT2D eigenvalue weighted by Gasteiger charge is 2.27. The lowest BCUT2D eigenvalue weighted by molar-refractivity contribution is -0.118. The number of carbonyl (C=O) groups is 1. The van der Waals surface area contributed by atoms with Crippen LogP contribution in [-0.4, -0.2) is 35.3 Å². The smallest absolute Gasteiger partial charge is 0.246 e. The molecule has 0 saturated carbocycles. The van der Waals surface area contributed by atoms with Crippen LogP contribution in [0.15, 0.2) is 28.2 Å². The molecule has 1 aliphatic rings. The molecule has 2 rings (SSSR count). The second-order valence-electron chi connectivity index (χ2n) is 4.77. The van der Waals surface area contributed by atoms with E-state index in [0.717, 1.165) is 0 Å². The third-order valence-electron chi connectivity index (χ3n) is 2.83. The maximum Gasteiger partial charge on any atom is 0.246 e. The molecule has 112 valence electrons. The lowest BCUT2D eigenvalue weighted by Gasteiger charge is -2.20. The van der Waals surface area contributed by atoms with Crippen LogP contribution in [-0.2, 0) is 4.79 Å². The van der Waals surface area contributed by atoms with Gasteiger partial charge in [0.25, 0.3) is 0 Å². The van der Waals surface area contributed by atoms with Crippen molar-refractivity contribution < 1.29 is 4.79 Å². The Morgan fingerprint density at radius 1 is 1.38 bits per heavy atom. The van der Waals surface area contributed by atoms with E-state index in [9.17, 15) is 4.79 Å². The number of nitrogens with two attached hydrogens (primary N) is 1. The number of rotatable bonds is 2. The molecule has 8 heteroatoms. The predicted octanol–water partition coefficient (Wildman–Crippen LogP) is 2.14. The predicted molar refractivity (Wildman–Crippen MR) is 85.2 cm³/mol. The van der Waals surface area contributed by atoms with Crippen LogP contribution < -0.4 is 11.1 Å². The average Bonchev–Trinajstić information content (AvgIpc) is 2.75. The first kappa shape index (κ1) is 15.6. The van der Waals surface area contributed by atoms with Crippen molar-refractivity contribution in [3.8, 4) is 0 Å². The molecule has 1 heterocycles. The fourth-order valence-electron chi connectivity index (χ4n) is 1.81. The number of nitrogens with one attached hydrogen (secondary N) is 1. The van der Waals surface area contributed by atoms with E-state index < -0.39 is 0 Å². The van der Waals surface area contributed by atoms with Gasteiger partial charge in [0.15, 0.2) is 0 Å². The highest BCUT2D eigenvalue weighted by atomic mass is 35.5. The van der Waals surface area contributed by atoms with Crippen LogP contribution in [0.25, 0.3) is 0 Å². The minimum Gasteiger partial charge on any atom is -0.368 e. The van der Waals surface area contributed by atoms with Gasteiger partial charge in [0.2, 0.25) is 17.8 Å². The highest BCUT2D eigenvalue weighted by Crippen LogP contribution is 2.26. The standard InChI is InChI=1S/C13H15Cl2N5O/c1-7(2)20-6-11(21)18-13(20)19-12(16)17-8-3-4-9(14)10(15)5-8/h3-5,7H,6H2,1-2H3,(H3,16,17,18,19,21). The van der Waals surface area contributed by atoms with E-state index in [-0.39, 0.29) is 24.5 Å². The highest BCUT2D eigenvalue weighted by molar-refractivity contribution is 6.42. The van der Waals surface area contributed by atoms with Crippen LogP contribution in [0.1, 0.15) is 13.8 Å². The van der Waals surface area contributed by atoms with Crippen molar-refractivity contribution in [1.29, 1.82) is 0 Å². The van der Waals surface area contributed by atoms with Gasteiger partial charge >= 0.3 is 0 Å². The van der Waals surface area contributed by atoms with Crippen LogP contribution in [0, 0.1) is 0 Å². The maximum absolute atomic E-state index is 11.4. The molecule has 1 aromatic rings. The van der Waals surface area contributed by atoms with Crippen molar-refractivity contribution in [2.75, 3.05) is 6.54 Å². The molecular weight excluding hydrogens is 313 g/mol. The Kier molecular flexibility index (Phi) is 4.69. The van der Waals surface area contributed by atoms with Crippen molar-refractivity contribution in [3.63, 3.8) is 0 Å². The Morgan fingerprint density at radius 3 is 2.71 bits per heavy atom. The first-order valence-corrected chi connectivity index (χ1v) is 7.07. The Hall–Kier alpha value is -1.79. The van der Waals surface area contributed by atoms with E-state index in [1.54, 1.807) is 23.1 Å². The van der Waals surface area contributed by atoms with Crippen LogP contribution in [0.2, 0.25) is 10.0 Å². The van der Waals surface area contributed by atoms with Gasteiger partial charge in [-0.2, -0.15) is 4.99 Å². The van der Waals surface area contributed by atoms with E-state index in [1.165, 1.54) is 0 Å². The molecule has 1 amide bonds. The van der Waals surface area contributed by atoms with Gasteiger partial charge in [0, 0.05) is 6.04 Å². The molecule has 0 aromatic heterocycles. The molecule has 0 spiro atoms. The molecule has 0 atom stereocenters. The molecule has 21 heavy (non-hydrogen) atoms. The van der Waals surface area contributed by atoms with Gasteiger partial charge in [-0.3, -0.25) is 10.1 Å². The summed E-state index contributed by atoms with van der Waals surface area (Å²) < 4.78 is 0. The molecule has 1 aromatic carbocycles. The molecular formula is C13H15Cl2N5O. The Balaban J connectivity index is 2.24. The van der Waals surface area contributed by atoms with E-state index in [0.29, 0.717) is 21.7 Å². The third-order valence-corrected chi connectivity index (χ3v) is 3.57. The van der Waals surface area contributed by atoms with Gasteiger partial charge in [-0.15, -0.1) is 0 Å². The van der Waals surface area contributed by atoms with Gasteiger partial charge in [0.05, 0.1) is 15.7 Å². The quantitative estimate of drug-likeness (QED) is 0.644. The first-order valence-electron chi connectivity index (χ1n) is 6.31. The van der Waals surface area contributed by atoms with Crippen LogP contribution >= 0.6 is 23.2 Å². The number of aliphatic imine (C=N–C) groups is 2. The summed E-state index contributed by atoms with van der Waals surface area (Å²) in [6.07, 6.45) is 0. The molecule has 6 nitrogen and oxygen atoms in total. The normalized spacial score (nSPS) is 17.8. The van der Waals surface area contributed by atoms with Crippen molar-refractivity contribution >= 4 is 46.7 Å². The summed E-state index contributed by atoms with van der Waals surface area (Å²) >= 11 is 11.7. The topological polar surface area (TPSA) is 83.1 Å². The fraction of sp³-hybridized carbons (Fsp3) is 0.308. The number of amides is 1. The number of carbonyl (C=O) groups excluding carboxylic acids is 1. The van der Waals surface area contributed by atoms with Crippen molar-refractivity contribution in [2.45, 2.75) is 19.9 Å². The average molecular weight is 328 g/mol. The monoisotopic (exact) mass is 327 g/mol. The summed E-state index contributed by atoms with van der Waals surface area (Å²) in [6, 6.07) is 5.01. The van der Waals surface area contributed by atoms with Gasteiger partial charge in [-0.1, -0.05) is 23.2 Å². The number of benzene rings is 1. The lowest BCUT2D eigenvalue weighted by atomic mass is 10.3. The zero-order valence-electron chi connectivity index (χ0n) is 11.6. The number of guanidine groups is 2. The minimum absolute atomic E-state index is 0.0243. The molecule has 1 fully saturated rings. The zero-order chi connectivity index (χ0) is 15.6. The fourth-order valence-corrected chi connectivity index (χ4v) is 2.10. The molecule has 1 saturated heterocycles. The number of halogens is 2. The summed E-state index contributed by atoms with van der Waals surface area (Å²) in [6.45, 7) is 4.18. The van der Waals surface area contributed by atoms with Crippen LogP contribution in [0.4, 0.5) is 5.69 Å². The van der Waals surface area contributed by atoms with E-state index in [4.69, 9.17) is 28.9 Å². The van der Waals surface area contributed by atoms with E-state index >= 15 is 0 Å². The van der Waals surface area contributed by atoms with Gasteiger partial charge in [0.1, 0.15) is 6.54 Å². The number of hydrogen-bond acceptors (Lipinski definition) is 2. The summed E-state index contributed by atoms with van der Waals surface area (Å²) in [7, 11) is 0. The first-order chi connectivity index (χ1) is 9.86. The van der Waals surface area contributed by atoms with Gasteiger partial charge < -0.3 is 10.6 Å². The minimum atomic E-state index is -0.121. The van der Waals surface area contributed by atoms with Crippen molar-refractivity contribution in [2.24, 2.45) is 15.7 Å². The van der Waals surface area contributed by atoms with Crippen molar-refractivity contribution in [1.82, 2.24) is 10.2 Å². The number of hydrogen-bond donors (Lipinski definition) is 2. The van der Waals surface area contributed by atoms with E-state index in [1.807, 2.05) is 13.8 Å². The summed E-state index contributed by atoms with van der Waals surface area (Å²) in [5.74, 6) is 0.303. The van der Waals surface area contributed by atoms with Gasteiger partial charge in [-0.05, 0) is 32.0 Å². The SMILES string of the molecule is CC(C)N1CC(=O)N/C1=N/C(N)=Nc1ccc(Cl)c(Cl)c1. The second-order valence-corrected chi connectivity index (χ2v) is 5.59. The largest absolute Gasteiger partial charge is 0.368 e. The third kappa shape index (κ3) is 3.86. The molecule has 0 radical (unpaired) electrons. The van der Waals surface area contributed by atoms with Crippen LogP contribution in [0.3, 0.4) is 0 Å². The van der Waals surface area contributed by atoms with Crippen molar-refractivity contribution in [3.05, 3.63) is 28.2 Å². The maximum atomic E-state index is 11.4. The van der Waals surface area contributed by atoms with Crippen LogP contribution in [0.5, 0.6) is 0 Å². The molecule has 0 aliphatic carbocycles. The lowest BCUT2D eigenvalue weighted by Crippen LogP contribution is -2.36. The molecule has 3 N–H and O–H groups in total. The number of nitrogens with zero attached hydrogens (tertiary/aromatic N) is 3. The molecule has 0 bridgehead atoms. The Bertz CT molecular complexity index is 627. The Labute approximate surface area is 132 Å². The molecule has 1 aliphatic heterocycles. The summed E-state index contributed by atoms with van der Waals surface area (Å²) in [5.41, 5.74) is 6.32. The Morgan fingerprint density at radius 2 is 2.10 bits per heavy atom. The zero-order valence-corrected chi connectivity index (χ0v) is 13.1. The van der Waals surface area contributed by atoms with Gasteiger partial charge in [-0.25, -0.2) is 4.99 Å². The second kappa shape index (κ2) is 6.32. The van der Waals surface area contributed by atoms with E-state index in [2.05, 4.69) is 15.3 Å². The molecule has 0 unspecified atom stereocenters.